The Bertz CT molecular complexity index is 887. The van der Waals surface area contributed by atoms with E-state index in [4.69, 9.17) is 4.74 Å². The number of rotatable bonds is 6. The van der Waals surface area contributed by atoms with Crippen LogP contribution in [0.2, 0.25) is 0 Å². The van der Waals surface area contributed by atoms with Gasteiger partial charge < -0.3 is 9.30 Å². The van der Waals surface area contributed by atoms with E-state index >= 15 is 0 Å². The smallest absolute Gasteiger partial charge is 0.191 e. The van der Waals surface area contributed by atoms with Crippen molar-refractivity contribution in [1.82, 2.24) is 14.8 Å². The minimum absolute atomic E-state index is 0.218. The number of hydrogen-bond acceptors (Lipinski definition) is 4. The molecule has 0 amide bonds. The van der Waals surface area contributed by atoms with Gasteiger partial charge in [0.25, 0.3) is 0 Å². The number of aromatic nitrogens is 3. The van der Waals surface area contributed by atoms with Crippen LogP contribution in [0.1, 0.15) is 31.2 Å². The maximum Gasteiger partial charge on any atom is 0.191 e. The first-order valence-corrected chi connectivity index (χ1v) is 10.2. The number of thioether (sulfide) groups is 1. The van der Waals surface area contributed by atoms with Gasteiger partial charge in [-0.05, 0) is 67.6 Å². The second kappa shape index (κ2) is 8.13. The van der Waals surface area contributed by atoms with E-state index in [-0.39, 0.29) is 5.82 Å². The highest BCUT2D eigenvalue weighted by Crippen LogP contribution is 2.28. The Morgan fingerprint density at radius 2 is 1.74 bits per heavy atom. The zero-order valence-corrected chi connectivity index (χ0v) is 16.1. The van der Waals surface area contributed by atoms with Crippen LogP contribution in [0, 0.1) is 5.82 Å². The van der Waals surface area contributed by atoms with Gasteiger partial charge in [-0.1, -0.05) is 23.9 Å². The lowest BCUT2D eigenvalue weighted by molar-refractivity contribution is 0.210. The van der Waals surface area contributed by atoms with Crippen LogP contribution in [-0.4, -0.2) is 20.9 Å². The second-order valence-corrected chi connectivity index (χ2v) is 7.77. The maximum absolute atomic E-state index is 13.0. The Labute approximate surface area is 162 Å². The van der Waals surface area contributed by atoms with Gasteiger partial charge in [0.05, 0.1) is 6.10 Å². The number of benzene rings is 2. The molecule has 0 bridgehead atoms. The molecule has 4 nitrogen and oxygen atoms in total. The number of hydrogen-bond donors (Lipinski definition) is 0. The highest BCUT2D eigenvalue weighted by Gasteiger charge is 2.17. The van der Waals surface area contributed by atoms with E-state index < -0.39 is 0 Å². The van der Waals surface area contributed by atoms with E-state index in [2.05, 4.69) is 10.2 Å². The first-order chi connectivity index (χ1) is 13.2. The Kier molecular flexibility index (Phi) is 5.43. The fourth-order valence-electron chi connectivity index (χ4n) is 3.30. The van der Waals surface area contributed by atoms with E-state index in [9.17, 15) is 4.39 Å². The van der Waals surface area contributed by atoms with Crippen molar-refractivity contribution in [3.8, 4) is 17.1 Å². The van der Waals surface area contributed by atoms with Gasteiger partial charge in [-0.2, -0.15) is 0 Å². The van der Waals surface area contributed by atoms with Crippen LogP contribution < -0.4 is 4.74 Å². The van der Waals surface area contributed by atoms with E-state index in [1.165, 1.54) is 25.0 Å². The lowest BCUT2D eigenvalue weighted by Crippen LogP contribution is -2.10. The van der Waals surface area contributed by atoms with Crippen LogP contribution in [0.3, 0.4) is 0 Å². The van der Waals surface area contributed by atoms with Crippen LogP contribution in [0.15, 0.2) is 53.7 Å². The van der Waals surface area contributed by atoms with Crippen molar-refractivity contribution in [2.75, 3.05) is 0 Å². The zero-order valence-electron chi connectivity index (χ0n) is 15.3. The summed E-state index contributed by atoms with van der Waals surface area (Å²) < 4.78 is 21.0. The monoisotopic (exact) mass is 383 g/mol. The molecule has 1 heterocycles. The van der Waals surface area contributed by atoms with Crippen molar-refractivity contribution in [2.45, 2.75) is 42.7 Å². The summed E-state index contributed by atoms with van der Waals surface area (Å²) in [6.45, 7) is 0. The average molecular weight is 383 g/mol. The van der Waals surface area contributed by atoms with E-state index in [0.29, 0.717) is 6.10 Å². The number of ether oxygens (including phenoxy) is 1. The quantitative estimate of drug-likeness (QED) is 0.546. The SMILES string of the molecule is Cn1c(SCc2ccc(F)cc2)nnc1-c1ccc(OC2CCCC2)cc1. The van der Waals surface area contributed by atoms with Gasteiger partial charge >= 0.3 is 0 Å². The normalized spacial score (nSPS) is 14.6. The van der Waals surface area contributed by atoms with Crippen molar-refractivity contribution < 1.29 is 9.13 Å². The van der Waals surface area contributed by atoms with Crippen LogP contribution in [0.25, 0.3) is 11.4 Å². The van der Waals surface area contributed by atoms with Crippen molar-refractivity contribution in [1.29, 1.82) is 0 Å². The highest BCUT2D eigenvalue weighted by molar-refractivity contribution is 7.98. The molecule has 0 spiro atoms. The molecule has 4 rings (SSSR count). The van der Waals surface area contributed by atoms with Gasteiger partial charge in [-0.3, -0.25) is 0 Å². The number of halogens is 1. The molecule has 0 unspecified atom stereocenters. The molecule has 1 fully saturated rings. The lowest BCUT2D eigenvalue weighted by Gasteiger charge is -2.13. The third-order valence-electron chi connectivity index (χ3n) is 4.83. The minimum Gasteiger partial charge on any atom is -0.490 e. The summed E-state index contributed by atoms with van der Waals surface area (Å²) in [5.74, 6) is 2.24. The fourth-order valence-corrected chi connectivity index (χ4v) is 4.17. The molecule has 0 aliphatic heterocycles. The lowest BCUT2D eigenvalue weighted by atomic mass is 10.2. The molecular formula is C21H22FN3OS. The molecule has 1 saturated carbocycles. The van der Waals surface area contributed by atoms with Gasteiger partial charge in [0.2, 0.25) is 0 Å². The molecule has 0 atom stereocenters. The van der Waals surface area contributed by atoms with Gasteiger partial charge in [0.1, 0.15) is 11.6 Å². The largest absolute Gasteiger partial charge is 0.490 e. The third kappa shape index (κ3) is 4.33. The Morgan fingerprint density at radius 1 is 1.04 bits per heavy atom. The summed E-state index contributed by atoms with van der Waals surface area (Å²) in [5, 5.41) is 9.47. The van der Waals surface area contributed by atoms with Crippen molar-refractivity contribution in [2.24, 2.45) is 7.05 Å². The fraction of sp³-hybridized carbons (Fsp3) is 0.333. The van der Waals surface area contributed by atoms with E-state index in [0.717, 1.165) is 46.5 Å². The predicted molar refractivity (Wildman–Crippen MR) is 105 cm³/mol. The molecule has 2 aromatic carbocycles. The van der Waals surface area contributed by atoms with Crippen molar-refractivity contribution in [3.05, 3.63) is 59.9 Å². The Hall–Kier alpha value is -2.34. The maximum atomic E-state index is 13.0. The third-order valence-corrected chi connectivity index (χ3v) is 5.92. The molecule has 1 aliphatic rings. The van der Waals surface area contributed by atoms with Gasteiger partial charge in [0, 0.05) is 18.4 Å². The van der Waals surface area contributed by atoms with E-state index in [1.807, 2.05) is 35.9 Å². The topological polar surface area (TPSA) is 39.9 Å². The minimum atomic E-state index is -0.218. The summed E-state index contributed by atoms with van der Waals surface area (Å²) in [6.07, 6.45) is 5.19. The second-order valence-electron chi connectivity index (χ2n) is 6.83. The summed E-state index contributed by atoms with van der Waals surface area (Å²) in [5.41, 5.74) is 2.07. The Morgan fingerprint density at radius 3 is 2.44 bits per heavy atom. The molecule has 0 saturated heterocycles. The van der Waals surface area contributed by atoms with Crippen LogP contribution in [0.4, 0.5) is 4.39 Å². The Balaban J connectivity index is 1.42. The van der Waals surface area contributed by atoms with Gasteiger partial charge in [0.15, 0.2) is 11.0 Å². The molecule has 6 heteroatoms. The van der Waals surface area contributed by atoms with Crippen LogP contribution >= 0.6 is 11.8 Å². The van der Waals surface area contributed by atoms with E-state index in [1.54, 1.807) is 23.9 Å². The molecule has 140 valence electrons. The van der Waals surface area contributed by atoms with Crippen molar-refractivity contribution in [3.63, 3.8) is 0 Å². The molecule has 3 aromatic rings. The van der Waals surface area contributed by atoms with Crippen LogP contribution in [0.5, 0.6) is 5.75 Å². The molecule has 27 heavy (non-hydrogen) atoms. The summed E-state index contributed by atoms with van der Waals surface area (Å²) in [4.78, 5) is 0. The highest BCUT2D eigenvalue weighted by atomic mass is 32.2. The summed E-state index contributed by atoms with van der Waals surface area (Å²) in [7, 11) is 1.96. The average Bonchev–Trinajstić information content (AvgIpc) is 3.32. The molecule has 1 aromatic heterocycles. The predicted octanol–water partition coefficient (Wildman–Crippen LogP) is 5.23. The molecule has 0 radical (unpaired) electrons. The first-order valence-electron chi connectivity index (χ1n) is 9.23. The standard InChI is InChI=1S/C21H22FN3OS/c1-25-20(16-8-12-19(13-9-16)26-18-4-2-3-5-18)23-24-21(25)27-14-15-6-10-17(22)11-7-15/h6-13,18H,2-5,14H2,1H3. The zero-order chi connectivity index (χ0) is 18.6. The van der Waals surface area contributed by atoms with Crippen LogP contribution in [-0.2, 0) is 12.8 Å². The van der Waals surface area contributed by atoms with Gasteiger partial charge in [-0.25, -0.2) is 4.39 Å². The van der Waals surface area contributed by atoms with Gasteiger partial charge in [-0.15, -0.1) is 10.2 Å². The first kappa shape index (κ1) is 18.0. The molecular weight excluding hydrogens is 361 g/mol. The summed E-state index contributed by atoms with van der Waals surface area (Å²) >= 11 is 1.59. The number of nitrogens with zero attached hydrogens (tertiary/aromatic N) is 3. The summed E-state index contributed by atoms with van der Waals surface area (Å²) in [6, 6.07) is 14.6. The van der Waals surface area contributed by atoms with Crippen molar-refractivity contribution >= 4 is 11.8 Å². The molecule has 0 N–H and O–H groups in total. The molecule has 1 aliphatic carbocycles.